The van der Waals surface area contributed by atoms with E-state index < -0.39 is 0 Å². The number of rotatable bonds is 2. The number of carbonyl (C=O) groups is 1. The van der Waals surface area contributed by atoms with Crippen LogP contribution >= 0.6 is 0 Å². The molecule has 0 aliphatic carbocycles. The van der Waals surface area contributed by atoms with Crippen LogP contribution in [0.25, 0.3) is 10.8 Å². The van der Waals surface area contributed by atoms with Crippen molar-refractivity contribution in [1.82, 2.24) is 5.01 Å². The maximum Gasteiger partial charge on any atom is 0.271 e. The van der Waals surface area contributed by atoms with Crippen LogP contribution in [0.2, 0.25) is 0 Å². The minimum absolute atomic E-state index is 0.0465. The molecule has 0 fully saturated rings. The van der Waals surface area contributed by atoms with Gasteiger partial charge in [0.15, 0.2) is 0 Å². The Hall–Kier alpha value is -2.07. The van der Waals surface area contributed by atoms with Gasteiger partial charge in [-0.25, -0.2) is 5.84 Å². The molecule has 0 aromatic heterocycles. The number of aromatic hydroxyl groups is 1. The van der Waals surface area contributed by atoms with E-state index in [1.165, 1.54) is 0 Å². The average molecular weight is 244 g/mol. The summed E-state index contributed by atoms with van der Waals surface area (Å²) in [5, 5.41) is 12.8. The molecule has 2 rings (SSSR count). The summed E-state index contributed by atoms with van der Waals surface area (Å²) in [6.07, 6.45) is 0. The van der Waals surface area contributed by atoms with Crippen molar-refractivity contribution in [1.29, 1.82) is 0 Å². The van der Waals surface area contributed by atoms with E-state index in [0.717, 1.165) is 15.8 Å². The topological polar surface area (TPSA) is 66.6 Å². The molecule has 4 nitrogen and oxygen atoms in total. The lowest BCUT2D eigenvalue weighted by Crippen LogP contribution is -2.42. The van der Waals surface area contributed by atoms with Crippen LogP contribution in [-0.2, 0) is 0 Å². The van der Waals surface area contributed by atoms with E-state index in [1.807, 2.05) is 38.1 Å². The predicted octanol–water partition coefficient (Wildman–Crippen LogP) is 2.27. The van der Waals surface area contributed by atoms with Gasteiger partial charge < -0.3 is 5.11 Å². The van der Waals surface area contributed by atoms with Crippen LogP contribution in [-0.4, -0.2) is 22.1 Å². The summed E-state index contributed by atoms with van der Waals surface area (Å²) >= 11 is 0. The predicted molar refractivity (Wildman–Crippen MR) is 71.1 cm³/mol. The normalized spacial score (nSPS) is 10.9. The first-order valence-corrected chi connectivity index (χ1v) is 5.80. The molecule has 0 spiro atoms. The average Bonchev–Trinajstić information content (AvgIpc) is 2.36. The third-order valence-corrected chi connectivity index (χ3v) is 2.89. The number of hydrazine groups is 1. The lowest BCUT2D eigenvalue weighted by atomic mass is 10.1. The Labute approximate surface area is 106 Å². The highest BCUT2D eigenvalue weighted by molar-refractivity contribution is 6.01. The molecule has 0 unspecified atom stereocenters. The second kappa shape index (κ2) is 4.66. The molecule has 0 radical (unpaired) electrons. The first kappa shape index (κ1) is 12.4. The molecule has 2 aromatic carbocycles. The van der Waals surface area contributed by atoms with Gasteiger partial charge in [0.2, 0.25) is 0 Å². The molecule has 0 saturated carbocycles. The van der Waals surface area contributed by atoms with Crippen molar-refractivity contribution >= 4 is 16.7 Å². The third kappa shape index (κ3) is 2.15. The smallest absolute Gasteiger partial charge is 0.271 e. The Kier molecular flexibility index (Phi) is 3.21. The van der Waals surface area contributed by atoms with Crippen LogP contribution in [0.4, 0.5) is 0 Å². The maximum absolute atomic E-state index is 12.1. The van der Waals surface area contributed by atoms with Crippen LogP contribution in [0.5, 0.6) is 5.75 Å². The minimum atomic E-state index is -0.381. The molecule has 0 atom stereocenters. The van der Waals surface area contributed by atoms with Gasteiger partial charge in [0, 0.05) is 6.04 Å². The van der Waals surface area contributed by atoms with Crippen LogP contribution in [0.1, 0.15) is 24.2 Å². The fourth-order valence-electron chi connectivity index (χ4n) is 1.77. The Morgan fingerprint density at radius 3 is 2.33 bits per heavy atom. The number of phenolic OH excluding ortho intramolecular Hbond substituents is 1. The SMILES string of the molecule is CC(C)N(N)C(=O)c1cc2ccccc2cc1O. The van der Waals surface area contributed by atoms with Crippen molar-refractivity contribution in [3.05, 3.63) is 42.0 Å². The summed E-state index contributed by atoms with van der Waals surface area (Å²) in [7, 11) is 0. The van der Waals surface area contributed by atoms with E-state index in [4.69, 9.17) is 5.84 Å². The number of hydrogen-bond acceptors (Lipinski definition) is 3. The summed E-state index contributed by atoms with van der Waals surface area (Å²) in [5.41, 5.74) is 0.227. The number of benzene rings is 2. The lowest BCUT2D eigenvalue weighted by Gasteiger charge is -2.21. The van der Waals surface area contributed by atoms with Crippen molar-refractivity contribution in [2.75, 3.05) is 0 Å². The number of hydrogen-bond donors (Lipinski definition) is 2. The molecule has 0 bridgehead atoms. The number of carbonyl (C=O) groups excluding carboxylic acids is 1. The molecule has 94 valence electrons. The first-order chi connectivity index (χ1) is 8.50. The lowest BCUT2D eigenvalue weighted by molar-refractivity contribution is 0.0703. The monoisotopic (exact) mass is 244 g/mol. The van der Waals surface area contributed by atoms with Gasteiger partial charge in [-0.2, -0.15) is 0 Å². The largest absolute Gasteiger partial charge is 0.507 e. The Morgan fingerprint density at radius 2 is 1.78 bits per heavy atom. The second-order valence-electron chi connectivity index (χ2n) is 4.52. The van der Waals surface area contributed by atoms with E-state index in [2.05, 4.69) is 0 Å². The van der Waals surface area contributed by atoms with Crippen molar-refractivity contribution < 1.29 is 9.90 Å². The van der Waals surface area contributed by atoms with Gasteiger partial charge in [0.1, 0.15) is 5.75 Å². The van der Waals surface area contributed by atoms with Crippen LogP contribution in [0.3, 0.4) is 0 Å². The van der Waals surface area contributed by atoms with Gasteiger partial charge in [0.05, 0.1) is 5.56 Å². The molecule has 0 saturated heterocycles. The van der Waals surface area contributed by atoms with Gasteiger partial charge in [-0.1, -0.05) is 24.3 Å². The molecular weight excluding hydrogens is 228 g/mol. The van der Waals surface area contributed by atoms with E-state index in [0.29, 0.717) is 0 Å². The van der Waals surface area contributed by atoms with Crippen molar-refractivity contribution in [3.8, 4) is 5.75 Å². The second-order valence-corrected chi connectivity index (χ2v) is 4.52. The molecule has 4 heteroatoms. The van der Waals surface area contributed by atoms with Crippen molar-refractivity contribution in [2.24, 2.45) is 5.84 Å². The van der Waals surface area contributed by atoms with Gasteiger partial charge in [0.25, 0.3) is 5.91 Å². The zero-order chi connectivity index (χ0) is 13.3. The van der Waals surface area contributed by atoms with E-state index in [-0.39, 0.29) is 23.3 Å². The van der Waals surface area contributed by atoms with Gasteiger partial charge >= 0.3 is 0 Å². The highest BCUT2D eigenvalue weighted by Gasteiger charge is 2.19. The fraction of sp³-hybridized carbons (Fsp3) is 0.214. The molecule has 0 aliphatic heterocycles. The van der Waals surface area contributed by atoms with Gasteiger partial charge in [-0.15, -0.1) is 0 Å². The number of phenols is 1. The molecule has 1 amide bonds. The summed E-state index contributed by atoms with van der Waals surface area (Å²) in [6, 6.07) is 10.7. The highest BCUT2D eigenvalue weighted by atomic mass is 16.3. The summed E-state index contributed by atoms with van der Waals surface area (Å²) < 4.78 is 0. The van der Waals surface area contributed by atoms with Crippen LogP contribution in [0, 0.1) is 0 Å². The van der Waals surface area contributed by atoms with Crippen LogP contribution in [0.15, 0.2) is 36.4 Å². The zero-order valence-corrected chi connectivity index (χ0v) is 10.4. The minimum Gasteiger partial charge on any atom is -0.507 e. The Bertz CT molecular complexity index is 593. The number of amides is 1. The first-order valence-electron chi connectivity index (χ1n) is 5.80. The van der Waals surface area contributed by atoms with Gasteiger partial charge in [-0.05, 0) is 36.8 Å². The van der Waals surface area contributed by atoms with E-state index in [9.17, 15) is 9.90 Å². The molecule has 2 aromatic rings. The summed E-state index contributed by atoms with van der Waals surface area (Å²) in [6.45, 7) is 3.63. The number of nitrogens with zero attached hydrogens (tertiary/aromatic N) is 1. The molecule has 18 heavy (non-hydrogen) atoms. The fourth-order valence-corrected chi connectivity index (χ4v) is 1.77. The number of nitrogens with two attached hydrogens (primary N) is 1. The van der Waals surface area contributed by atoms with Crippen LogP contribution < -0.4 is 5.84 Å². The van der Waals surface area contributed by atoms with Crippen molar-refractivity contribution in [3.63, 3.8) is 0 Å². The molecule has 0 heterocycles. The zero-order valence-electron chi connectivity index (χ0n) is 10.4. The molecule has 0 aliphatic rings. The molecular formula is C14H16N2O2. The quantitative estimate of drug-likeness (QED) is 0.484. The Morgan fingerprint density at radius 1 is 1.22 bits per heavy atom. The standard InChI is InChI=1S/C14H16N2O2/c1-9(2)16(15)14(18)12-7-10-5-3-4-6-11(10)8-13(12)17/h3-9,17H,15H2,1-2H3. The summed E-state index contributed by atoms with van der Waals surface area (Å²) in [4.78, 5) is 12.1. The number of fused-ring (bicyclic) bond motifs is 1. The molecule has 3 N–H and O–H groups in total. The maximum atomic E-state index is 12.1. The van der Waals surface area contributed by atoms with Gasteiger partial charge in [-0.3, -0.25) is 9.80 Å². The Balaban J connectivity index is 2.51. The third-order valence-electron chi connectivity index (χ3n) is 2.89. The van der Waals surface area contributed by atoms with E-state index >= 15 is 0 Å². The highest BCUT2D eigenvalue weighted by Crippen LogP contribution is 2.25. The summed E-state index contributed by atoms with van der Waals surface area (Å²) in [5.74, 6) is 5.25. The van der Waals surface area contributed by atoms with E-state index in [1.54, 1.807) is 12.1 Å². The van der Waals surface area contributed by atoms with Crippen molar-refractivity contribution in [2.45, 2.75) is 19.9 Å².